The van der Waals surface area contributed by atoms with E-state index in [1.807, 2.05) is 6.92 Å². The fraction of sp³-hybridized carbons (Fsp3) is 0.154. The van der Waals surface area contributed by atoms with Crippen LogP contribution in [0.15, 0.2) is 28.6 Å². The first-order valence-corrected chi connectivity index (χ1v) is 7.46. The van der Waals surface area contributed by atoms with Crippen molar-refractivity contribution in [3.63, 3.8) is 0 Å². The first-order valence-electron chi connectivity index (χ1n) is 5.66. The lowest BCUT2D eigenvalue weighted by atomic mass is 10.1. The second-order valence-electron chi connectivity index (χ2n) is 3.94. The van der Waals surface area contributed by atoms with Gasteiger partial charge in [-0.15, -0.1) is 10.2 Å². The predicted molar refractivity (Wildman–Crippen MR) is 77.3 cm³/mol. The minimum absolute atomic E-state index is 0.387. The van der Waals surface area contributed by atoms with Gasteiger partial charge in [0.15, 0.2) is 4.34 Å². The second kappa shape index (κ2) is 6.62. The van der Waals surface area contributed by atoms with Crippen LogP contribution in [0.5, 0.6) is 0 Å². The normalized spacial score (nSPS) is 11.1. The molecule has 0 fully saturated rings. The molecule has 0 aliphatic rings. The number of aliphatic carboxylic acids is 1. The number of carboxylic acid groups (broad SMARTS) is 1. The third kappa shape index (κ3) is 4.43. The summed E-state index contributed by atoms with van der Waals surface area (Å²) >= 11 is 2.96. The van der Waals surface area contributed by atoms with Crippen molar-refractivity contribution < 1.29 is 14.3 Å². The molecule has 1 heterocycles. The van der Waals surface area contributed by atoms with E-state index in [0.717, 1.165) is 21.0 Å². The Balaban J connectivity index is 2.09. The Kier molecular flexibility index (Phi) is 4.86. The Labute approximate surface area is 123 Å². The first-order chi connectivity index (χ1) is 9.52. The SMILES string of the molecule is Cc1nnc(SCc2cc(F)cc(C=CC(=O)O)c2)s1. The molecule has 1 N–H and O–H groups in total. The molecule has 7 heteroatoms. The molecule has 0 bridgehead atoms. The van der Waals surface area contributed by atoms with Crippen molar-refractivity contribution in [1.29, 1.82) is 0 Å². The lowest BCUT2D eigenvalue weighted by Crippen LogP contribution is -1.89. The number of aryl methyl sites for hydroxylation is 1. The smallest absolute Gasteiger partial charge is 0.328 e. The number of rotatable bonds is 5. The fourth-order valence-electron chi connectivity index (χ4n) is 1.50. The zero-order valence-electron chi connectivity index (χ0n) is 10.5. The van der Waals surface area contributed by atoms with Crippen LogP contribution in [0.3, 0.4) is 0 Å². The van der Waals surface area contributed by atoms with Gasteiger partial charge in [0.25, 0.3) is 0 Å². The zero-order valence-corrected chi connectivity index (χ0v) is 12.2. The summed E-state index contributed by atoms with van der Waals surface area (Å²) in [5, 5.41) is 17.3. The summed E-state index contributed by atoms with van der Waals surface area (Å²) in [6.07, 6.45) is 2.36. The highest BCUT2D eigenvalue weighted by molar-refractivity contribution is 8.00. The Morgan fingerprint density at radius 3 is 2.90 bits per heavy atom. The summed E-state index contributed by atoms with van der Waals surface area (Å²) in [6.45, 7) is 1.87. The van der Waals surface area contributed by atoms with E-state index in [1.54, 1.807) is 6.07 Å². The van der Waals surface area contributed by atoms with Crippen LogP contribution in [-0.4, -0.2) is 21.3 Å². The van der Waals surface area contributed by atoms with E-state index in [-0.39, 0.29) is 5.82 Å². The molecule has 0 saturated heterocycles. The molecule has 1 aromatic heterocycles. The molecule has 0 spiro atoms. The van der Waals surface area contributed by atoms with Crippen molar-refractivity contribution >= 4 is 35.1 Å². The maximum absolute atomic E-state index is 13.5. The second-order valence-corrected chi connectivity index (χ2v) is 6.34. The van der Waals surface area contributed by atoms with E-state index in [0.29, 0.717) is 11.3 Å². The van der Waals surface area contributed by atoms with E-state index in [4.69, 9.17) is 5.11 Å². The number of hydrogen-bond acceptors (Lipinski definition) is 5. The van der Waals surface area contributed by atoms with Gasteiger partial charge in [-0.1, -0.05) is 29.2 Å². The summed E-state index contributed by atoms with van der Waals surface area (Å²) in [5.41, 5.74) is 1.30. The molecule has 2 rings (SSSR count). The van der Waals surface area contributed by atoms with E-state index in [9.17, 15) is 9.18 Å². The molecular formula is C13H11FN2O2S2. The van der Waals surface area contributed by atoms with Crippen LogP contribution in [0, 0.1) is 12.7 Å². The molecule has 0 radical (unpaired) electrons. The number of aromatic nitrogens is 2. The molecule has 0 atom stereocenters. The summed E-state index contributed by atoms with van der Waals surface area (Å²) in [7, 11) is 0. The van der Waals surface area contributed by atoms with Gasteiger partial charge in [-0.05, 0) is 36.3 Å². The first kappa shape index (κ1) is 14.7. The van der Waals surface area contributed by atoms with Crippen LogP contribution in [0.2, 0.25) is 0 Å². The number of carbonyl (C=O) groups is 1. The number of carboxylic acids is 1. The van der Waals surface area contributed by atoms with Gasteiger partial charge in [0.1, 0.15) is 10.8 Å². The molecule has 0 unspecified atom stereocenters. The van der Waals surface area contributed by atoms with E-state index >= 15 is 0 Å². The Morgan fingerprint density at radius 1 is 1.45 bits per heavy atom. The van der Waals surface area contributed by atoms with Gasteiger partial charge in [0, 0.05) is 11.8 Å². The maximum Gasteiger partial charge on any atom is 0.328 e. The quantitative estimate of drug-likeness (QED) is 0.677. The van der Waals surface area contributed by atoms with E-state index < -0.39 is 5.97 Å². The van der Waals surface area contributed by atoms with Gasteiger partial charge < -0.3 is 5.11 Å². The molecule has 104 valence electrons. The lowest BCUT2D eigenvalue weighted by molar-refractivity contribution is -0.131. The number of halogens is 1. The van der Waals surface area contributed by atoms with Crippen molar-refractivity contribution in [1.82, 2.24) is 10.2 Å². The third-order valence-electron chi connectivity index (χ3n) is 2.27. The Morgan fingerprint density at radius 2 is 2.25 bits per heavy atom. The van der Waals surface area contributed by atoms with Crippen LogP contribution in [0.25, 0.3) is 6.08 Å². The van der Waals surface area contributed by atoms with Gasteiger partial charge in [-0.3, -0.25) is 0 Å². The maximum atomic E-state index is 13.5. The third-order valence-corrected chi connectivity index (χ3v) is 4.31. The molecule has 0 saturated carbocycles. The minimum atomic E-state index is -1.06. The van der Waals surface area contributed by atoms with Crippen molar-refractivity contribution in [3.8, 4) is 0 Å². The molecular weight excluding hydrogens is 299 g/mol. The number of nitrogens with zero attached hydrogens (tertiary/aromatic N) is 2. The average molecular weight is 310 g/mol. The van der Waals surface area contributed by atoms with E-state index in [1.165, 1.54) is 41.3 Å². The van der Waals surface area contributed by atoms with E-state index in [2.05, 4.69) is 10.2 Å². The molecule has 0 amide bonds. The molecule has 20 heavy (non-hydrogen) atoms. The van der Waals surface area contributed by atoms with Gasteiger partial charge in [-0.25, -0.2) is 9.18 Å². The monoisotopic (exact) mass is 310 g/mol. The van der Waals surface area contributed by atoms with Gasteiger partial charge in [0.05, 0.1) is 0 Å². The average Bonchev–Trinajstić information content (AvgIpc) is 2.79. The van der Waals surface area contributed by atoms with Crippen LogP contribution >= 0.6 is 23.1 Å². The molecule has 2 aromatic rings. The molecule has 0 aliphatic carbocycles. The zero-order chi connectivity index (χ0) is 14.5. The van der Waals surface area contributed by atoms with Crippen molar-refractivity contribution in [3.05, 3.63) is 46.2 Å². The largest absolute Gasteiger partial charge is 0.478 e. The van der Waals surface area contributed by atoms with Crippen molar-refractivity contribution in [2.45, 2.75) is 17.0 Å². The highest BCUT2D eigenvalue weighted by Gasteiger charge is 2.04. The highest BCUT2D eigenvalue weighted by atomic mass is 32.2. The van der Waals surface area contributed by atoms with Crippen molar-refractivity contribution in [2.24, 2.45) is 0 Å². The van der Waals surface area contributed by atoms with Crippen LogP contribution in [0.1, 0.15) is 16.1 Å². The molecule has 1 aromatic carbocycles. The summed E-state index contributed by atoms with van der Waals surface area (Å²) in [6, 6.07) is 4.48. The highest BCUT2D eigenvalue weighted by Crippen LogP contribution is 2.26. The summed E-state index contributed by atoms with van der Waals surface area (Å²) < 4.78 is 14.3. The number of thioether (sulfide) groups is 1. The van der Waals surface area contributed by atoms with Crippen LogP contribution < -0.4 is 0 Å². The predicted octanol–water partition coefficient (Wildman–Crippen LogP) is 3.38. The Hall–Kier alpha value is -1.73. The standard InChI is InChI=1S/C13H11FN2O2S2/c1-8-15-16-13(20-8)19-7-10-4-9(2-3-12(17)18)5-11(14)6-10/h2-6H,7H2,1H3,(H,17,18). The molecule has 0 aliphatic heterocycles. The molecule has 4 nitrogen and oxygen atoms in total. The van der Waals surface area contributed by atoms with Gasteiger partial charge in [-0.2, -0.15) is 0 Å². The van der Waals surface area contributed by atoms with Gasteiger partial charge >= 0.3 is 5.97 Å². The minimum Gasteiger partial charge on any atom is -0.478 e. The van der Waals surface area contributed by atoms with Crippen LogP contribution in [0.4, 0.5) is 4.39 Å². The van der Waals surface area contributed by atoms with Crippen molar-refractivity contribution in [2.75, 3.05) is 0 Å². The Bertz CT molecular complexity index is 656. The number of benzene rings is 1. The number of hydrogen-bond donors (Lipinski definition) is 1. The summed E-state index contributed by atoms with van der Waals surface area (Å²) in [5.74, 6) is -0.892. The fourth-order valence-corrected chi connectivity index (χ4v) is 3.25. The summed E-state index contributed by atoms with van der Waals surface area (Å²) in [4.78, 5) is 10.5. The van der Waals surface area contributed by atoms with Gasteiger partial charge in [0.2, 0.25) is 0 Å². The topological polar surface area (TPSA) is 63.1 Å². The lowest BCUT2D eigenvalue weighted by Gasteiger charge is -2.02. The van der Waals surface area contributed by atoms with Crippen LogP contribution in [-0.2, 0) is 10.5 Å².